The van der Waals surface area contributed by atoms with E-state index < -0.39 is 29.7 Å². The molecule has 2 aromatic rings. The van der Waals surface area contributed by atoms with Crippen LogP contribution in [0.15, 0.2) is 47.9 Å². The molecule has 2 N–H and O–H groups in total. The third-order valence-electron chi connectivity index (χ3n) is 4.84. The van der Waals surface area contributed by atoms with Gasteiger partial charge in [-0.25, -0.2) is 4.79 Å². The zero-order valence-corrected chi connectivity index (χ0v) is 16.9. The molecule has 1 heterocycles. The highest BCUT2D eigenvalue weighted by Gasteiger charge is 2.35. The number of aliphatic carboxylic acids is 1. The van der Waals surface area contributed by atoms with E-state index in [0.29, 0.717) is 35.4 Å². The maximum atomic E-state index is 12.9. The van der Waals surface area contributed by atoms with Gasteiger partial charge in [-0.05, 0) is 24.8 Å². The number of nitrogens with one attached hydrogen (secondary N) is 1. The maximum absolute atomic E-state index is 12.9. The minimum atomic E-state index is -0.992. The van der Waals surface area contributed by atoms with Gasteiger partial charge >= 0.3 is 11.9 Å². The summed E-state index contributed by atoms with van der Waals surface area (Å²) >= 11 is 1.24. The van der Waals surface area contributed by atoms with Gasteiger partial charge < -0.3 is 15.2 Å². The lowest BCUT2D eigenvalue weighted by Gasteiger charge is -2.24. The summed E-state index contributed by atoms with van der Waals surface area (Å²) in [6.45, 7) is 2.19. The van der Waals surface area contributed by atoms with E-state index in [1.54, 1.807) is 6.08 Å². The SMILES string of the molecule is CCCOC(=O)c1c(-c2ccccc2)csc1NC(=O)[C@H]1CC=CC[C@H]1C(=O)O. The Hall–Kier alpha value is -2.93. The quantitative estimate of drug-likeness (QED) is 0.512. The number of esters is 1. The van der Waals surface area contributed by atoms with Gasteiger partial charge in [-0.15, -0.1) is 11.3 Å². The fourth-order valence-corrected chi connectivity index (χ4v) is 4.29. The van der Waals surface area contributed by atoms with Gasteiger partial charge in [-0.2, -0.15) is 0 Å². The van der Waals surface area contributed by atoms with E-state index in [9.17, 15) is 19.5 Å². The van der Waals surface area contributed by atoms with Crippen LogP contribution in [0.4, 0.5) is 5.00 Å². The summed E-state index contributed by atoms with van der Waals surface area (Å²) in [7, 11) is 0. The van der Waals surface area contributed by atoms with Crippen LogP contribution in [-0.4, -0.2) is 29.6 Å². The zero-order valence-electron chi connectivity index (χ0n) is 16.1. The summed E-state index contributed by atoms with van der Waals surface area (Å²) in [5.41, 5.74) is 1.84. The first kappa shape index (κ1) is 20.8. The predicted octanol–water partition coefficient (Wildman–Crippen LogP) is 4.59. The molecule has 1 aromatic heterocycles. The maximum Gasteiger partial charge on any atom is 0.341 e. The minimum absolute atomic E-state index is 0.283. The monoisotopic (exact) mass is 413 g/mol. The van der Waals surface area contributed by atoms with Crippen molar-refractivity contribution in [2.24, 2.45) is 11.8 Å². The first-order valence-electron chi connectivity index (χ1n) is 9.55. The number of hydrogen-bond donors (Lipinski definition) is 2. The van der Waals surface area contributed by atoms with Crippen LogP contribution in [0.1, 0.15) is 36.5 Å². The Balaban J connectivity index is 1.91. The second kappa shape index (κ2) is 9.52. The highest BCUT2D eigenvalue weighted by Crippen LogP contribution is 2.37. The second-order valence-electron chi connectivity index (χ2n) is 6.84. The van der Waals surface area contributed by atoms with E-state index in [-0.39, 0.29) is 6.61 Å². The average molecular weight is 413 g/mol. The number of carbonyl (C=O) groups is 3. The van der Waals surface area contributed by atoms with Gasteiger partial charge in [0.05, 0.1) is 18.4 Å². The Labute approximate surface area is 173 Å². The summed E-state index contributed by atoms with van der Waals surface area (Å²) in [6, 6.07) is 9.40. The Morgan fingerprint density at radius 3 is 2.48 bits per heavy atom. The van der Waals surface area contributed by atoms with Gasteiger partial charge in [0, 0.05) is 10.9 Å². The van der Waals surface area contributed by atoms with Crippen molar-refractivity contribution in [3.8, 4) is 11.1 Å². The number of benzene rings is 1. The number of amides is 1. The Bertz CT molecular complexity index is 919. The molecular formula is C22H23NO5S. The predicted molar refractivity (Wildman–Crippen MR) is 112 cm³/mol. The molecule has 0 bridgehead atoms. The van der Waals surface area contributed by atoms with Crippen molar-refractivity contribution < 1.29 is 24.2 Å². The van der Waals surface area contributed by atoms with Crippen molar-refractivity contribution in [3.05, 3.63) is 53.4 Å². The van der Waals surface area contributed by atoms with Crippen molar-refractivity contribution in [3.63, 3.8) is 0 Å². The molecule has 0 fully saturated rings. The van der Waals surface area contributed by atoms with Gasteiger partial charge in [0.15, 0.2) is 0 Å². The van der Waals surface area contributed by atoms with Gasteiger partial charge in [0.1, 0.15) is 10.6 Å². The lowest BCUT2D eigenvalue weighted by molar-refractivity contribution is -0.146. The number of carboxylic acids is 1. The summed E-state index contributed by atoms with van der Waals surface area (Å²) in [5.74, 6) is -3.34. The van der Waals surface area contributed by atoms with Crippen molar-refractivity contribution in [1.82, 2.24) is 0 Å². The largest absolute Gasteiger partial charge is 0.481 e. The molecule has 0 radical (unpaired) electrons. The summed E-state index contributed by atoms with van der Waals surface area (Å²) < 4.78 is 5.34. The van der Waals surface area contributed by atoms with E-state index in [0.717, 1.165) is 5.56 Å². The standard InChI is InChI=1S/C22H23NO5S/c1-2-12-28-22(27)18-17(14-8-4-3-5-9-14)13-29-20(18)23-19(24)15-10-6-7-11-16(15)21(25)26/h3-9,13,15-16H,2,10-12H2,1H3,(H,23,24)(H,25,26)/t15-,16+/m0/s1. The molecule has 0 unspecified atom stereocenters. The van der Waals surface area contributed by atoms with Gasteiger partial charge in [0.2, 0.25) is 5.91 Å². The highest BCUT2D eigenvalue weighted by molar-refractivity contribution is 7.15. The number of thiophene rings is 1. The minimum Gasteiger partial charge on any atom is -0.481 e. The Morgan fingerprint density at radius 2 is 1.83 bits per heavy atom. The number of carboxylic acid groups (broad SMARTS) is 1. The number of rotatable bonds is 7. The van der Waals surface area contributed by atoms with Crippen molar-refractivity contribution in [2.45, 2.75) is 26.2 Å². The van der Waals surface area contributed by atoms with Crippen LogP contribution in [0.25, 0.3) is 11.1 Å². The van der Waals surface area contributed by atoms with Crippen LogP contribution in [0.3, 0.4) is 0 Å². The topological polar surface area (TPSA) is 92.7 Å². The number of allylic oxidation sites excluding steroid dienone is 2. The van der Waals surface area contributed by atoms with Crippen LogP contribution in [0.2, 0.25) is 0 Å². The van der Waals surface area contributed by atoms with E-state index in [1.807, 2.05) is 48.7 Å². The fraction of sp³-hybridized carbons (Fsp3) is 0.318. The number of ether oxygens (including phenoxy) is 1. The molecule has 0 saturated heterocycles. The van der Waals surface area contributed by atoms with Crippen LogP contribution >= 0.6 is 11.3 Å². The molecule has 1 amide bonds. The number of anilines is 1. The average Bonchev–Trinajstić information content (AvgIpc) is 3.16. The summed E-state index contributed by atoms with van der Waals surface area (Å²) in [4.78, 5) is 37.1. The van der Waals surface area contributed by atoms with Crippen molar-refractivity contribution in [2.75, 3.05) is 11.9 Å². The molecule has 152 valence electrons. The molecule has 2 atom stereocenters. The number of carbonyl (C=O) groups excluding carboxylic acids is 2. The zero-order chi connectivity index (χ0) is 20.8. The molecule has 7 heteroatoms. The van der Waals surface area contributed by atoms with Gasteiger partial charge in [-0.1, -0.05) is 49.4 Å². The van der Waals surface area contributed by atoms with Crippen LogP contribution < -0.4 is 5.32 Å². The second-order valence-corrected chi connectivity index (χ2v) is 7.72. The van der Waals surface area contributed by atoms with E-state index >= 15 is 0 Å². The van der Waals surface area contributed by atoms with Crippen molar-refractivity contribution >= 4 is 34.2 Å². The molecule has 1 aliphatic rings. The smallest absolute Gasteiger partial charge is 0.341 e. The van der Waals surface area contributed by atoms with Crippen LogP contribution in [-0.2, 0) is 14.3 Å². The summed E-state index contributed by atoms with van der Waals surface area (Å²) in [6.07, 6.45) is 4.97. The highest BCUT2D eigenvalue weighted by atomic mass is 32.1. The molecule has 1 aromatic carbocycles. The van der Waals surface area contributed by atoms with Gasteiger partial charge in [0.25, 0.3) is 0 Å². The Morgan fingerprint density at radius 1 is 1.14 bits per heavy atom. The first-order valence-corrected chi connectivity index (χ1v) is 10.4. The Kier molecular flexibility index (Phi) is 6.82. The molecule has 6 nitrogen and oxygen atoms in total. The van der Waals surface area contributed by atoms with E-state index in [2.05, 4.69) is 5.32 Å². The first-order chi connectivity index (χ1) is 14.0. The molecular weight excluding hydrogens is 390 g/mol. The van der Waals surface area contributed by atoms with Crippen LogP contribution in [0, 0.1) is 11.8 Å². The summed E-state index contributed by atoms with van der Waals surface area (Å²) in [5, 5.41) is 14.4. The molecule has 0 saturated carbocycles. The molecule has 0 aliphatic heterocycles. The normalized spacial score (nSPS) is 18.2. The van der Waals surface area contributed by atoms with Crippen molar-refractivity contribution in [1.29, 1.82) is 0 Å². The lowest BCUT2D eigenvalue weighted by Crippen LogP contribution is -2.34. The fourth-order valence-electron chi connectivity index (χ4n) is 3.33. The number of hydrogen-bond acceptors (Lipinski definition) is 5. The molecule has 3 rings (SSSR count). The third kappa shape index (κ3) is 4.74. The van der Waals surface area contributed by atoms with Gasteiger partial charge in [-0.3, -0.25) is 9.59 Å². The lowest BCUT2D eigenvalue weighted by atomic mass is 9.82. The molecule has 29 heavy (non-hydrogen) atoms. The van der Waals surface area contributed by atoms with E-state index in [1.165, 1.54) is 11.3 Å². The molecule has 0 spiro atoms. The van der Waals surface area contributed by atoms with E-state index in [4.69, 9.17) is 4.74 Å². The third-order valence-corrected chi connectivity index (χ3v) is 5.74. The van der Waals surface area contributed by atoms with Crippen LogP contribution in [0.5, 0.6) is 0 Å². The molecule has 1 aliphatic carbocycles.